The molecule has 1 aromatic heterocycles. The summed E-state index contributed by atoms with van der Waals surface area (Å²) in [4.78, 5) is 6.99. The predicted molar refractivity (Wildman–Crippen MR) is 67.3 cm³/mol. The summed E-state index contributed by atoms with van der Waals surface area (Å²) >= 11 is 3.48. The first kappa shape index (κ1) is 10.9. The fourth-order valence-electron chi connectivity index (χ4n) is 1.94. The van der Waals surface area contributed by atoms with Crippen LogP contribution in [0.4, 0.5) is 5.82 Å². The molecule has 2 nitrogen and oxygen atoms in total. The fraction of sp³-hybridized carbons (Fsp3) is 0.583. The number of aromatic nitrogens is 1. The Morgan fingerprint density at radius 3 is 2.60 bits per heavy atom. The Morgan fingerprint density at radius 1 is 1.33 bits per heavy atom. The molecule has 0 bridgehead atoms. The lowest BCUT2D eigenvalue weighted by molar-refractivity contribution is 0.436. The first-order valence-electron chi connectivity index (χ1n) is 5.55. The molecule has 0 saturated carbocycles. The third kappa shape index (κ3) is 2.51. The van der Waals surface area contributed by atoms with Gasteiger partial charge in [-0.3, -0.25) is 0 Å². The summed E-state index contributed by atoms with van der Waals surface area (Å²) in [6, 6.07) is 4.20. The number of halogens is 1. The molecule has 2 heterocycles. The van der Waals surface area contributed by atoms with Gasteiger partial charge in [-0.15, -0.1) is 0 Å². The zero-order valence-electron chi connectivity index (χ0n) is 9.33. The Labute approximate surface area is 99.8 Å². The molecule has 2 rings (SSSR count). The molecule has 82 valence electrons. The summed E-state index contributed by atoms with van der Waals surface area (Å²) in [6.45, 7) is 6.67. The second-order valence-electron chi connectivity index (χ2n) is 4.41. The van der Waals surface area contributed by atoms with Crippen LogP contribution >= 0.6 is 15.9 Å². The number of anilines is 1. The largest absolute Gasteiger partial charge is 0.357 e. The van der Waals surface area contributed by atoms with Crippen molar-refractivity contribution >= 4 is 21.7 Å². The first-order valence-corrected chi connectivity index (χ1v) is 6.34. The van der Waals surface area contributed by atoms with Crippen molar-refractivity contribution in [2.45, 2.75) is 26.7 Å². The van der Waals surface area contributed by atoms with Gasteiger partial charge in [-0.2, -0.15) is 0 Å². The van der Waals surface area contributed by atoms with Crippen molar-refractivity contribution in [1.29, 1.82) is 0 Å². The molecule has 1 saturated heterocycles. The Balaban J connectivity index is 2.12. The Hall–Kier alpha value is -0.570. The summed E-state index contributed by atoms with van der Waals surface area (Å²) in [5.74, 6) is 2.00. The smallest absolute Gasteiger partial charge is 0.128 e. The molecule has 0 N–H and O–H groups in total. The van der Waals surface area contributed by atoms with E-state index in [1.807, 2.05) is 6.92 Å². The molecule has 15 heavy (non-hydrogen) atoms. The summed E-state index contributed by atoms with van der Waals surface area (Å²) in [6.07, 6.45) is 2.58. The highest BCUT2D eigenvalue weighted by molar-refractivity contribution is 9.10. The number of nitrogens with zero attached hydrogens (tertiary/aromatic N) is 2. The molecule has 1 aliphatic heterocycles. The van der Waals surface area contributed by atoms with Crippen LogP contribution in [0.3, 0.4) is 0 Å². The highest BCUT2D eigenvalue weighted by Crippen LogP contribution is 2.23. The molecular formula is C12H17BrN2. The van der Waals surface area contributed by atoms with Crippen LogP contribution in [-0.4, -0.2) is 18.1 Å². The van der Waals surface area contributed by atoms with Gasteiger partial charge in [0.15, 0.2) is 0 Å². The number of rotatable bonds is 1. The van der Waals surface area contributed by atoms with Crippen LogP contribution < -0.4 is 4.90 Å². The second kappa shape index (κ2) is 4.52. The summed E-state index contributed by atoms with van der Waals surface area (Å²) < 4.78 is 1.09. The van der Waals surface area contributed by atoms with Gasteiger partial charge in [-0.05, 0) is 53.7 Å². The van der Waals surface area contributed by atoms with Crippen LogP contribution in [0.15, 0.2) is 16.6 Å². The Bertz CT molecular complexity index is 343. The highest BCUT2D eigenvalue weighted by atomic mass is 79.9. The third-order valence-corrected chi connectivity index (χ3v) is 3.95. The Morgan fingerprint density at radius 2 is 2.00 bits per heavy atom. The van der Waals surface area contributed by atoms with Crippen LogP contribution in [0.25, 0.3) is 0 Å². The average molecular weight is 269 g/mol. The SMILES string of the molecule is Cc1nc(N2CCC(C)CC2)ccc1Br. The van der Waals surface area contributed by atoms with Crippen molar-refractivity contribution in [2.75, 3.05) is 18.0 Å². The van der Waals surface area contributed by atoms with E-state index in [1.165, 1.54) is 12.8 Å². The zero-order valence-corrected chi connectivity index (χ0v) is 10.9. The van der Waals surface area contributed by atoms with E-state index in [1.54, 1.807) is 0 Å². The summed E-state index contributed by atoms with van der Waals surface area (Å²) in [5.41, 5.74) is 1.08. The van der Waals surface area contributed by atoms with Gasteiger partial charge in [0.25, 0.3) is 0 Å². The summed E-state index contributed by atoms with van der Waals surface area (Å²) in [5, 5.41) is 0. The molecule has 0 aliphatic carbocycles. The van der Waals surface area contributed by atoms with Crippen LogP contribution in [-0.2, 0) is 0 Å². The first-order chi connectivity index (χ1) is 7.16. The number of hydrogen-bond acceptors (Lipinski definition) is 2. The topological polar surface area (TPSA) is 16.1 Å². The minimum Gasteiger partial charge on any atom is -0.357 e. The van der Waals surface area contributed by atoms with E-state index < -0.39 is 0 Å². The van der Waals surface area contributed by atoms with Crippen molar-refractivity contribution in [2.24, 2.45) is 5.92 Å². The predicted octanol–water partition coefficient (Wildman–Crippen LogP) is 3.39. The average Bonchev–Trinajstić information content (AvgIpc) is 2.23. The molecule has 1 aromatic rings. The normalized spacial score (nSPS) is 18.2. The van der Waals surface area contributed by atoms with Crippen LogP contribution in [0, 0.1) is 12.8 Å². The van der Waals surface area contributed by atoms with E-state index in [0.29, 0.717) is 0 Å². The van der Waals surface area contributed by atoms with E-state index in [2.05, 4.69) is 44.9 Å². The van der Waals surface area contributed by atoms with Crippen molar-refractivity contribution in [3.63, 3.8) is 0 Å². The van der Waals surface area contributed by atoms with E-state index >= 15 is 0 Å². The molecule has 0 aromatic carbocycles. The Kier molecular flexibility index (Phi) is 3.29. The van der Waals surface area contributed by atoms with Crippen molar-refractivity contribution in [3.8, 4) is 0 Å². The van der Waals surface area contributed by atoms with Crippen LogP contribution in [0.2, 0.25) is 0 Å². The third-order valence-electron chi connectivity index (χ3n) is 3.11. The number of aryl methyl sites for hydroxylation is 1. The molecule has 3 heteroatoms. The van der Waals surface area contributed by atoms with Gasteiger partial charge in [-0.25, -0.2) is 4.98 Å². The van der Waals surface area contributed by atoms with Gasteiger partial charge < -0.3 is 4.90 Å². The molecule has 0 amide bonds. The molecule has 1 fully saturated rings. The minimum absolute atomic E-state index is 0.873. The monoisotopic (exact) mass is 268 g/mol. The maximum atomic E-state index is 4.60. The van der Waals surface area contributed by atoms with Gasteiger partial charge in [0.1, 0.15) is 5.82 Å². The van der Waals surface area contributed by atoms with Crippen LogP contribution in [0.5, 0.6) is 0 Å². The lowest BCUT2D eigenvalue weighted by Crippen LogP contribution is -2.33. The van der Waals surface area contributed by atoms with Gasteiger partial charge >= 0.3 is 0 Å². The fourth-order valence-corrected chi connectivity index (χ4v) is 2.17. The van der Waals surface area contributed by atoms with E-state index in [-0.39, 0.29) is 0 Å². The minimum atomic E-state index is 0.873. The van der Waals surface area contributed by atoms with E-state index in [0.717, 1.165) is 35.0 Å². The van der Waals surface area contributed by atoms with Gasteiger partial charge in [0.05, 0.1) is 5.69 Å². The molecule has 0 radical (unpaired) electrons. The summed E-state index contributed by atoms with van der Waals surface area (Å²) in [7, 11) is 0. The van der Waals surface area contributed by atoms with Crippen molar-refractivity contribution < 1.29 is 0 Å². The maximum absolute atomic E-state index is 4.60. The quantitative estimate of drug-likeness (QED) is 0.776. The van der Waals surface area contributed by atoms with Crippen LogP contribution in [0.1, 0.15) is 25.5 Å². The molecule has 1 aliphatic rings. The highest BCUT2D eigenvalue weighted by Gasteiger charge is 2.16. The number of hydrogen-bond donors (Lipinski definition) is 0. The molecule has 0 spiro atoms. The number of piperidine rings is 1. The molecular weight excluding hydrogens is 252 g/mol. The zero-order chi connectivity index (χ0) is 10.8. The van der Waals surface area contributed by atoms with Gasteiger partial charge in [-0.1, -0.05) is 6.92 Å². The van der Waals surface area contributed by atoms with Gasteiger partial charge in [0.2, 0.25) is 0 Å². The molecule has 0 unspecified atom stereocenters. The van der Waals surface area contributed by atoms with E-state index in [9.17, 15) is 0 Å². The second-order valence-corrected chi connectivity index (χ2v) is 5.26. The molecule has 0 atom stereocenters. The standard InChI is InChI=1S/C12H17BrN2/c1-9-5-7-15(8-6-9)12-4-3-11(13)10(2)14-12/h3-4,9H,5-8H2,1-2H3. The maximum Gasteiger partial charge on any atom is 0.128 e. The van der Waals surface area contributed by atoms with Crippen molar-refractivity contribution in [3.05, 3.63) is 22.3 Å². The number of pyridine rings is 1. The van der Waals surface area contributed by atoms with Crippen molar-refractivity contribution in [1.82, 2.24) is 4.98 Å². The van der Waals surface area contributed by atoms with E-state index in [4.69, 9.17) is 0 Å². The lowest BCUT2D eigenvalue weighted by atomic mass is 9.99. The lowest BCUT2D eigenvalue weighted by Gasteiger charge is -2.31. The van der Waals surface area contributed by atoms with Gasteiger partial charge in [0, 0.05) is 17.6 Å².